The number of nitrogens with zero attached hydrogens (tertiary/aromatic N) is 1. The van der Waals surface area contributed by atoms with E-state index >= 15 is 0 Å². The Morgan fingerprint density at radius 3 is 2.00 bits per heavy atom. The molecule has 1 aromatic carbocycles. The van der Waals surface area contributed by atoms with Crippen molar-refractivity contribution >= 4 is 17.5 Å². The summed E-state index contributed by atoms with van der Waals surface area (Å²) in [6, 6.07) is 4.85. The van der Waals surface area contributed by atoms with Gasteiger partial charge in [-0.2, -0.15) is 13.2 Å². The zero-order valence-electron chi connectivity index (χ0n) is 15.2. The largest absolute Gasteiger partial charge is 0.418 e. The van der Waals surface area contributed by atoms with E-state index in [4.69, 9.17) is 0 Å². The minimum absolute atomic E-state index is 0.136. The molecule has 3 nitrogen and oxygen atoms in total. The normalized spacial score (nSPS) is 31.9. The summed E-state index contributed by atoms with van der Waals surface area (Å²) in [4.78, 5) is 27.2. The molecule has 2 amide bonds. The van der Waals surface area contributed by atoms with Crippen molar-refractivity contribution < 1.29 is 22.8 Å². The topological polar surface area (TPSA) is 37.4 Å². The summed E-state index contributed by atoms with van der Waals surface area (Å²) in [5, 5.41) is 0. The molecule has 146 valence electrons. The van der Waals surface area contributed by atoms with Crippen LogP contribution in [0.25, 0.3) is 0 Å². The van der Waals surface area contributed by atoms with Crippen LogP contribution in [0.4, 0.5) is 18.9 Å². The molecule has 3 fully saturated rings. The zero-order valence-corrected chi connectivity index (χ0v) is 15.2. The van der Waals surface area contributed by atoms with Crippen LogP contribution in [0.5, 0.6) is 0 Å². The predicted molar refractivity (Wildman–Crippen MR) is 97.1 cm³/mol. The van der Waals surface area contributed by atoms with Gasteiger partial charge < -0.3 is 0 Å². The van der Waals surface area contributed by atoms with E-state index in [2.05, 4.69) is 0 Å². The lowest BCUT2D eigenvalue weighted by Gasteiger charge is -2.24. The van der Waals surface area contributed by atoms with E-state index in [-0.39, 0.29) is 17.5 Å². The third-order valence-electron chi connectivity index (χ3n) is 6.73. The van der Waals surface area contributed by atoms with Crippen LogP contribution in [0.15, 0.2) is 47.6 Å². The predicted octanol–water partition coefficient (Wildman–Crippen LogP) is 4.89. The number of anilines is 1. The van der Waals surface area contributed by atoms with Crippen LogP contribution in [-0.4, -0.2) is 11.8 Å². The quantitative estimate of drug-likeness (QED) is 0.508. The number of hydrogen-bond donors (Lipinski definition) is 0. The summed E-state index contributed by atoms with van der Waals surface area (Å²) in [7, 11) is 0. The van der Waals surface area contributed by atoms with Crippen LogP contribution in [0.2, 0.25) is 0 Å². The maximum Gasteiger partial charge on any atom is 0.418 e. The Morgan fingerprint density at radius 2 is 1.43 bits per heavy atom. The molecule has 2 saturated carbocycles. The number of alkyl halides is 3. The highest BCUT2D eigenvalue weighted by atomic mass is 19.4. The Balaban J connectivity index is 1.55. The molecule has 28 heavy (non-hydrogen) atoms. The van der Waals surface area contributed by atoms with Crippen molar-refractivity contribution in [1.29, 1.82) is 0 Å². The molecule has 1 saturated heterocycles. The third kappa shape index (κ3) is 2.36. The van der Waals surface area contributed by atoms with Crippen LogP contribution in [0.1, 0.15) is 37.7 Å². The molecule has 1 heterocycles. The van der Waals surface area contributed by atoms with Crippen LogP contribution < -0.4 is 4.90 Å². The number of allylic oxidation sites excluding steroid dienone is 4. The van der Waals surface area contributed by atoms with Gasteiger partial charge in [0, 0.05) is 11.8 Å². The second-order valence-corrected chi connectivity index (χ2v) is 8.13. The fraction of sp³-hybridized carbons (Fsp3) is 0.455. The fourth-order valence-corrected chi connectivity index (χ4v) is 5.65. The number of amides is 2. The van der Waals surface area contributed by atoms with Crippen LogP contribution in [-0.2, 0) is 15.8 Å². The van der Waals surface area contributed by atoms with Crippen LogP contribution in [0.3, 0.4) is 0 Å². The number of carbonyl (C=O) groups excluding carboxylic acids is 2. The number of imide groups is 1. The van der Waals surface area contributed by atoms with Gasteiger partial charge in [0.05, 0.1) is 23.1 Å². The highest BCUT2D eigenvalue weighted by Crippen LogP contribution is 2.58. The van der Waals surface area contributed by atoms with Crippen molar-refractivity contribution in [3.8, 4) is 0 Å². The summed E-state index contributed by atoms with van der Waals surface area (Å²) in [5.74, 6) is -2.37. The van der Waals surface area contributed by atoms with Gasteiger partial charge in [0.15, 0.2) is 0 Å². The van der Waals surface area contributed by atoms with Crippen molar-refractivity contribution in [2.75, 3.05) is 4.90 Å². The lowest BCUT2D eigenvalue weighted by Crippen LogP contribution is -2.35. The van der Waals surface area contributed by atoms with Crippen molar-refractivity contribution in [1.82, 2.24) is 0 Å². The second-order valence-electron chi connectivity index (χ2n) is 8.13. The van der Waals surface area contributed by atoms with Crippen LogP contribution in [0, 0.1) is 23.7 Å². The Labute approximate surface area is 160 Å². The number of fused-ring (bicyclic) bond motifs is 5. The van der Waals surface area contributed by atoms with E-state index < -0.39 is 35.4 Å². The van der Waals surface area contributed by atoms with Gasteiger partial charge in [-0.1, -0.05) is 41.9 Å². The fourth-order valence-electron chi connectivity index (χ4n) is 5.65. The van der Waals surface area contributed by atoms with Crippen molar-refractivity contribution in [2.45, 2.75) is 38.3 Å². The van der Waals surface area contributed by atoms with E-state index in [1.165, 1.54) is 35.8 Å². The van der Waals surface area contributed by atoms with Gasteiger partial charge in [0.1, 0.15) is 0 Å². The van der Waals surface area contributed by atoms with Gasteiger partial charge in [-0.15, -0.1) is 0 Å². The maximum atomic E-state index is 13.4. The van der Waals surface area contributed by atoms with Crippen molar-refractivity contribution in [3.63, 3.8) is 0 Å². The molecule has 1 aromatic rings. The minimum atomic E-state index is -4.62. The Bertz CT molecular complexity index is 888. The molecule has 6 heteroatoms. The first-order valence-electron chi connectivity index (χ1n) is 9.84. The van der Waals surface area contributed by atoms with E-state index in [1.807, 2.05) is 12.2 Å². The number of rotatable bonds is 1. The van der Waals surface area contributed by atoms with E-state index in [9.17, 15) is 22.8 Å². The summed E-state index contributed by atoms with van der Waals surface area (Å²) < 4.78 is 40.3. The summed E-state index contributed by atoms with van der Waals surface area (Å²) in [6.45, 7) is 0. The molecule has 0 aromatic heterocycles. The lowest BCUT2D eigenvalue weighted by atomic mass is 9.85. The molecule has 0 radical (unpaired) electrons. The van der Waals surface area contributed by atoms with Gasteiger partial charge in [-0.25, -0.2) is 4.90 Å². The average molecular weight is 387 g/mol. The molecule has 3 aliphatic carbocycles. The van der Waals surface area contributed by atoms with Crippen molar-refractivity contribution in [2.24, 2.45) is 23.7 Å². The van der Waals surface area contributed by atoms with E-state index in [0.717, 1.165) is 36.6 Å². The van der Waals surface area contributed by atoms with E-state index in [1.54, 1.807) is 0 Å². The number of halogens is 3. The molecule has 0 N–H and O–H groups in total. The first kappa shape index (κ1) is 17.7. The van der Waals surface area contributed by atoms with Crippen molar-refractivity contribution in [3.05, 3.63) is 53.1 Å². The number of hydrogen-bond acceptors (Lipinski definition) is 2. The number of carbonyl (C=O) groups is 2. The number of benzene rings is 1. The SMILES string of the molecule is O=C1C2C3C=CC(C3=C3CCCCC3)C2C(=O)N1c1ccccc1C(F)(F)F. The second kappa shape index (κ2) is 6.06. The van der Waals surface area contributed by atoms with Gasteiger partial charge >= 0.3 is 6.18 Å². The molecule has 4 unspecified atom stereocenters. The molecule has 1 aliphatic heterocycles. The molecular weight excluding hydrogens is 367 g/mol. The Morgan fingerprint density at radius 1 is 0.857 bits per heavy atom. The summed E-state index contributed by atoms with van der Waals surface area (Å²) >= 11 is 0. The highest BCUT2D eigenvalue weighted by molar-refractivity contribution is 6.23. The van der Waals surface area contributed by atoms with E-state index in [0.29, 0.717) is 0 Å². The molecule has 4 aliphatic rings. The van der Waals surface area contributed by atoms with Gasteiger partial charge in [-0.05, 0) is 37.8 Å². The Hall–Kier alpha value is -2.37. The summed E-state index contributed by atoms with van der Waals surface area (Å²) in [6.07, 6.45) is 4.83. The Kier molecular flexibility index (Phi) is 3.83. The monoisotopic (exact) mass is 387 g/mol. The standard InChI is InChI=1S/C22H20F3NO2/c23-22(24,25)15-8-4-5-9-16(15)26-20(27)18-13-10-11-14(19(18)21(26)28)17(13)12-6-2-1-3-7-12/h4-5,8-11,13-14,18-19H,1-3,6-7H2. The minimum Gasteiger partial charge on any atom is -0.274 e. The highest BCUT2D eigenvalue weighted by Gasteiger charge is 2.62. The lowest BCUT2D eigenvalue weighted by molar-refractivity contribution is -0.137. The first-order valence-corrected chi connectivity index (χ1v) is 9.84. The smallest absolute Gasteiger partial charge is 0.274 e. The van der Waals surface area contributed by atoms with Gasteiger partial charge in [-0.3, -0.25) is 9.59 Å². The zero-order chi connectivity index (χ0) is 19.6. The van der Waals surface area contributed by atoms with Crippen LogP contribution >= 0.6 is 0 Å². The summed E-state index contributed by atoms with van der Waals surface area (Å²) in [5.41, 5.74) is 1.29. The first-order chi connectivity index (χ1) is 13.4. The maximum absolute atomic E-state index is 13.4. The van der Waals surface area contributed by atoms with Gasteiger partial charge in [0.2, 0.25) is 11.8 Å². The third-order valence-corrected chi connectivity index (χ3v) is 6.73. The molecule has 5 rings (SSSR count). The molecule has 4 atom stereocenters. The molecule has 2 bridgehead atoms. The van der Waals surface area contributed by atoms with Gasteiger partial charge in [0.25, 0.3) is 0 Å². The molecular formula is C22H20F3NO2. The number of para-hydroxylation sites is 1. The average Bonchev–Trinajstić information content (AvgIpc) is 3.31. The molecule has 0 spiro atoms.